The number of anilines is 1. The van der Waals surface area contributed by atoms with Crippen LogP contribution in [0.15, 0.2) is 30.3 Å². The van der Waals surface area contributed by atoms with Gasteiger partial charge in [-0.1, -0.05) is 31.5 Å². The number of amides is 2. The fourth-order valence-electron chi connectivity index (χ4n) is 3.05. The molecule has 1 saturated heterocycles. The number of carbonyl (C=O) groups excluding carboxylic acids is 2. The molecule has 5 nitrogen and oxygen atoms in total. The van der Waals surface area contributed by atoms with E-state index >= 15 is 0 Å². The number of hydrogen-bond donors (Lipinski definition) is 2. The third kappa shape index (κ3) is 5.64. The van der Waals surface area contributed by atoms with Crippen LogP contribution in [0.3, 0.4) is 0 Å². The highest BCUT2D eigenvalue weighted by Gasteiger charge is 2.30. The Balaban J connectivity index is 1.84. The van der Waals surface area contributed by atoms with Crippen LogP contribution in [0, 0.1) is 5.92 Å². The van der Waals surface area contributed by atoms with Crippen LogP contribution in [0.2, 0.25) is 0 Å². The Hall–Kier alpha value is -1.88. The number of hydrogen-bond acceptors (Lipinski definition) is 3. The highest BCUT2D eigenvalue weighted by Crippen LogP contribution is 2.22. The minimum Gasteiger partial charge on any atom is -0.356 e. The smallest absolute Gasteiger partial charge is 0.238 e. The number of nitrogens with zero attached hydrogens (tertiary/aromatic N) is 1. The molecule has 0 radical (unpaired) electrons. The molecule has 2 unspecified atom stereocenters. The van der Waals surface area contributed by atoms with Crippen LogP contribution >= 0.6 is 0 Å². The minimum atomic E-state index is -0.0277. The van der Waals surface area contributed by atoms with Gasteiger partial charge in [0.2, 0.25) is 11.8 Å². The lowest BCUT2D eigenvalue weighted by atomic mass is 9.92. The zero-order valence-electron chi connectivity index (χ0n) is 14.8. The van der Waals surface area contributed by atoms with Gasteiger partial charge >= 0.3 is 0 Å². The van der Waals surface area contributed by atoms with E-state index in [-0.39, 0.29) is 17.7 Å². The molecule has 132 valence electrons. The molecule has 1 aliphatic heterocycles. The highest BCUT2D eigenvalue weighted by atomic mass is 16.2. The first kappa shape index (κ1) is 18.5. The molecule has 1 aromatic rings. The van der Waals surface area contributed by atoms with Crippen molar-refractivity contribution in [3.8, 4) is 0 Å². The number of likely N-dealkylation sites (tertiary alicyclic amines) is 1. The monoisotopic (exact) mass is 331 g/mol. The number of unbranched alkanes of at least 4 members (excludes halogenated alkanes) is 1. The van der Waals surface area contributed by atoms with Crippen LogP contribution in [0.4, 0.5) is 5.69 Å². The molecule has 0 saturated carbocycles. The highest BCUT2D eigenvalue weighted by molar-refractivity contribution is 5.92. The van der Waals surface area contributed by atoms with E-state index in [0.717, 1.165) is 37.9 Å². The van der Waals surface area contributed by atoms with Crippen molar-refractivity contribution in [3.63, 3.8) is 0 Å². The van der Waals surface area contributed by atoms with Gasteiger partial charge in [-0.2, -0.15) is 0 Å². The average molecular weight is 331 g/mol. The molecule has 2 rings (SSSR count). The van der Waals surface area contributed by atoms with Gasteiger partial charge in [-0.05, 0) is 38.3 Å². The molecule has 0 aliphatic carbocycles. The number of benzene rings is 1. The van der Waals surface area contributed by atoms with E-state index in [2.05, 4.69) is 29.4 Å². The molecule has 1 aliphatic rings. The second-order valence-corrected chi connectivity index (χ2v) is 6.61. The Morgan fingerprint density at radius 1 is 1.21 bits per heavy atom. The van der Waals surface area contributed by atoms with E-state index in [4.69, 9.17) is 0 Å². The summed E-state index contributed by atoms with van der Waals surface area (Å²) in [6.45, 7) is 5.97. The summed E-state index contributed by atoms with van der Waals surface area (Å²) in [5, 5.41) is 5.93. The van der Waals surface area contributed by atoms with Crippen molar-refractivity contribution in [2.45, 2.75) is 45.6 Å². The lowest BCUT2D eigenvalue weighted by Crippen LogP contribution is -2.49. The molecular formula is C19H29N3O2. The van der Waals surface area contributed by atoms with E-state index in [9.17, 15) is 9.59 Å². The van der Waals surface area contributed by atoms with Gasteiger partial charge in [-0.3, -0.25) is 14.5 Å². The van der Waals surface area contributed by atoms with E-state index in [1.807, 2.05) is 30.3 Å². The number of nitrogens with one attached hydrogen (secondary N) is 2. The standard InChI is InChI=1S/C19H29N3O2/c1-3-4-12-20-19(24)16-11-10-15(2)22(13-16)14-18(23)21-17-8-6-5-7-9-17/h5-9,15-16H,3-4,10-14H2,1-2H3,(H,20,24)(H,21,23). The topological polar surface area (TPSA) is 61.4 Å². The van der Waals surface area contributed by atoms with E-state index in [1.165, 1.54) is 0 Å². The lowest BCUT2D eigenvalue weighted by Gasteiger charge is -2.36. The van der Waals surface area contributed by atoms with Crippen LogP contribution in [0.1, 0.15) is 39.5 Å². The van der Waals surface area contributed by atoms with Gasteiger partial charge in [0.1, 0.15) is 0 Å². The summed E-state index contributed by atoms with van der Waals surface area (Å²) >= 11 is 0. The largest absolute Gasteiger partial charge is 0.356 e. The SMILES string of the molecule is CCCCNC(=O)C1CCC(C)N(CC(=O)Nc2ccccc2)C1. The van der Waals surface area contributed by atoms with Crippen molar-refractivity contribution in [3.05, 3.63) is 30.3 Å². The van der Waals surface area contributed by atoms with Gasteiger partial charge in [0.15, 0.2) is 0 Å². The van der Waals surface area contributed by atoms with Gasteiger partial charge in [0.25, 0.3) is 0 Å². The summed E-state index contributed by atoms with van der Waals surface area (Å²) < 4.78 is 0. The normalized spacial score (nSPS) is 21.2. The van der Waals surface area contributed by atoms with E-state index in [1.54, 1.807) is 0 Å². The van der Waals surface area contributed by atoms with Gasteiger partial charge in [0, 0.05) is 24.8 Å². The first-order valence-electron chi connectivity index (χ1n) is 8.96. The first-order valence-corrected chi connectivity index (χ1v) is 8.96. The number of carbonyl (C=O) groups is 2. The zero-order chi connectivity index (χ0) is 17.4. The van der Waals surface area contributed by atoms with Gasteiger partial charge in [-0.15, -0.1) is 0 Å². The molecule has 2 atom stereocenters. The number of piperidine rings is 1. The van der Waals surface area contributed by atoms with Crippen molar-refractivity contribution in [1.82, 2.24) is 10.2 Å². The van der Waals surface area contributed by atoms with Crippen LogP contribution in [-0.2, 0) is 9.59 Å². The zero-order valence-corrected chi connectivity index (χ0v) is 14.8. The Labute approximate surface area is 144 Å². The van der Waals surface area contributed by atoms with Crippen molar-refractivity contribution in [1.29, 1.82) is 0 Å². The molecule has 2 amide bonds. The molecule has 2 N–H and O–H groups in total. The molecule has 1 aromatic carbocycles. The van der Waals surface area contributed by atoms with Crippen molar-refractivity contribution < 1.29 is 9.59 Å². The van der Waals surface area contributed by atoms with Crippen LogP contribution in [0.5, 0.6) is 0 Å². The van der Waals surface area contributed by atoms with Gasteiger partial charge in [0.05, 0.1) is 12.5 Å². The second-order valence-electron chi connectivity index (χ2n) is 6.61. The third-order valence-corrected chi connectivity index (χ3v) is 4.62. The molecule has 24 heavy (non-hydrogen) atoms. The van der Waals surface area contributed by atoms with E-state index < -0.39 is 0 Å². The summed E-state index contributed by atoms with van der Waals surface area (Å²) in [5.74, 6) is 0.0893. The fraction of sp³-hybridized carbons (Fsp3) is 0.579. The summed E-state index contributed by atoms with van der Waals surface area (Å²) in [4.78, 5) is 26.6. The summed E-state index contributed by atoms with van der Waals surface area (Å²) in [6, 6.07) is 9.80. The quantitative estimate of drug-likeness (QED) is 0.755. The molecule has 0 aromatic heterocycles. The Morgan fingerprint density at radius 3 is 2.67 bits per heavy atom. The van der Waals surface area contributed by atoms with E-state index in [0.29, 0.717) is 19.1 Å². The number of rotatable bonds is 7. The molecule has 1 fully saturated rings. The second kappa shape index (κ2) is 9.42. The van der Waals surface area contributed by atoms with Crippen LogP contribution in [0.25, 0.3) is 0 Å². The Morgan fingerprint density at radius 2 is 1.96 bits per heavy atom. The molecule has 5 heteroatoms. The Kier molecular flexibility index (Phi) is 7.25. The maximum Gasteiger partial charge on any atom is 0.238 e. The van der Waals surface area contributed by atoms with Crippen LogP contribution < -0.4 is 10.6 Å². The third-order valence-electron chi connectivity index (χ3n) is 4.62. The summed E-state index contributed by atoms with van der Waals surface area (Å²) in [6.07, 6.45) is 3.94. The predicted octanol–water partition coefficient (Wildman–Crippen LogP) is 2.64. The molecule has 0 bridgehead atoms. The fourth-order valence-corrected chi connectivity index (χ4v) is 3.05. The maximum absolute atomic E-state index is 12.3. The molecule has 0 spiro atoms. The number of para-hydroxylation sites is 1. The van der Waals surface area contributed by atoms with Gasteiger partial charge < -0.3 is 10.6 Å². The van der Waals surface area contributed by atoms with Crippen molar-refractivity contribution in [2.24, 2.45) is 5.92 Å². The summed E-state index contributed by atoms with van der Waals surface area (Å²) in [5.41, 5.74) is 0.807. The van der Waals surface area contributed by atoms with Crippen molar-refractivity contribution in [2.75, 3.05) is 25.0 Å². The lowest BCUT2D eigenvalue weighted by molar-refractivity contribution is -0.128. The summed E-state index contributed by atoms with van der Waals surface area (Å²) in [7, 11) is 0. The van der Waals surface area contributed by atoms with Gasteiger partial charge in [-0.25, -0.2) is 0 Å². The van der Waals surface area contributed by atoms with Crippen molar-refractivity contribution >= 4 is 17.5 Å². The molecular weight excluding hydrogens is 302 g/mol. The predicted molar refractivity (Wildman–Crippen MR) is 96.7 cm³/mol. The average Bonchev–Trinajstić information content (AvgIpc) is 2.58. The van der Waals surface area contributed by atoms with Crippen LogP contribution in [-0.4, -0.2) is 42.4 Å². The first-order chi connectivity index (χ1) is 11.6. The maximum atomic E-state index is 12.3. The molecule has 1 heterocycles. The Bertz CT molecular complexity index is 533. The minimum absolute atomic E-state index is 0.0115.